The van der Waals surface area contributed by atoms with E-state index in [1.54, 1.807) is 4.68 Å². The molecule has 2 aromatic rings. The molecule has 1 heterocycles. The van der Waals surface area contributed by atoms with E-state index in [4.69, 9.17) is 11.6 Å². The first-order valence-corrected chi connectivity index (χ1v) is 5.89. The molecule has 1 aromatic heterocycles. The lowest BCUT2D eigenvalue weighted by molar-refractivity contribution is 0.671. The van der Waals surface area contributed by atoms with E-state index >= 15 is 0 Å². The third kappa shape index (κ3) is 2.65. The van der Waals surface area contributed by atoms with Crippen molar-refractivity contribution in [2.75, 3.05) is 13.6 Å². The zero-order valence-corrected chi connectivity index (χ0v) is 10.7. The van der Waals surface area contributed by atoms with Gasteiger partial charge in [0.25, 0.3) is 0 Å². The molecule has 0 aliphatic heterocycles. The highest BCUT2D eigenvalue weighted by molar-refractivity contribution is 6.33. The number of benzene rings is 1. The summed E-state index contributed by atoms with van der Waals surface area (Å²) in [5.41, 5.74) is 0.875. The highest BCUT2D eigenvalue weighted by atomic mass is 35.5. The molecule has 0 fully saturated rings. The quantitative estimate of drug-likeness (QED) is 0.901. The number of rotatable bonds is 4. The number of nitrogens with one attached hydrogen (secondary N) is 1. The fraction of sp³-hybridized carbons (Fsp3) is 0.333. The van der Waals surface area contributed by atoms with E-state index in [2.05, 4.69) is 15.4 Å². The van der Waals surface area contributed by atoms with Gasteiger partial charge in [0.05, 0.1) is 5.02 Å². The number of likely N-dealkylation sites (N-methyl/N-ethyl adjacent to an activating group) is 1. The lowest BCUT2D eigenvalue weighted by Gasteiger charge is -1.97. The van der Waals surface area contributed by atoms with Gasteiger partial charge in [-0.2, -0.15) is 5.10 Å². The summed E-state index contributed by atoms with van der Waals surface area (Å²) in [6.45, 7) is 0.883. The van der Waals surface area contributed by atoms with E-state index in [1.165, 1.54) is 0 Å². The lowest BCUT2D eigenvalue weighted by Crippen LogP contribution is -2.13. The molecule has 0 aliphatic carbocycles. The average molecular weight is 251 g/mol. The Balaban J connectivity index is 2.31. The van der Waals surface area contributed by atoms with Crippen LogP contribution < -0.4 is 5.32 Å². The molecule has 1 aromatic carbocycles. The van der Waals surface area contributed by atoms with Crippen LogP contribution in [0.3, 0.4) is 0 Å². The molecule has 0 amide bonds. The van der Waals surface area contributed by atoms with Crippen molar-refractivity contribution >= 4 is 11.6 Å². The van der Waals surface area contributed by atoms with Gasteiger partial charge in [-0.3, -0.25) is 4.68 Å². The second-order valence-corrected chi connectivity index (χ2v) is 4.22. The van der Waals surface area contributed by atoms with Crippen LogP contribution in [0.2, 0.25) is 5.02 Å². The molecule has 0 saturated heterocycles. The van der Waals surface area contributed by atoms with Crippen molar-refractivity contribution in [3.8, 4) is 11.4 Å². The number of halogens is 1. The Kier molecular flexibility index (Phi) is 3.76. The smallest absolute Gasteiger partial charge is 0.182 e. The maximum absolute atomic E-state index is 6.12. The summed E-state index contributed by atoms with van der Waals surface area (Å²) < 4.78 is 1.80. The van der Waals surface area contributed by atoms with Gasteiger partial charge >= 0.3 is 0 Å². The van der Waals surface area contributed by atoms with Crippen LogP contribution in [0, 0.1) is 0 Å². The van der Waals surface area contributed by atoms with Crippen molar-refractivity contribution in [1.82, 2.24) is 20.1 Å². The van der Waals surface area contributed by atoms with Gasteiger partial charge in [-0.1, -0.05) is 23.7 Å². The van der Waals surface area contributed by atoms with E-state index in [-0.39, 0.29) is 0 Å². The SMILES string of the molecule is CNCCc1nc(-c2ccccc2Cl)nn1C. The molecule has 5 heteroatoms. The topological polar surface area (TPSA) is 42.7 Å². The number of hydrogen-bond donors (Lipinski definition) is 1. The molecule has 0 atom stereocenters. The fourth-order valence-electron chi connectivity index (χ4n) is 1.63. The van der Waals surface area contributed by atoms with Crippen LogP contribution in [0.1, 0.15) is 5.82 Å². The summed E-state index contributed by atoms with van der Waals surface area (Å²) in [5, 5.41) is 8.16. The minimum absolute atomic E-state index is 0.679. The summed E-state index contributed by atoms with van der Waals surface area (Å²) >= 11 is 6.12. The Labute approximate surface area is 106 Å². The molecule has 0 radical (unpaired) electrons. The van der Waals surface area contributed by atoms with Crippen LogP contribution in [0.25, 0.3) is 11.4 Å². The number of nitrogens with zero attached hydrogens (tertiary/aromatic N) is 3. The van der Waals surface area contributed by atoms with Crippen LogP contribution >= 0.6 is 11.6 Å². The minimum Gasteiger partial charge on any atom is -0.319 e. The second kappa shape index (κ2) is 5.29. The molecule has 0 saturated carbocycles. The average Bonchev–Trinajstić information content (AvgIpc) is 2.68. The molecular formula is C12H15ClN4. The van der Waals surface area contributed by atoms with Crippen molar-refractivity contribution in [2.45, 2.75) is 6.42 Å². The maximum Gasteiger partial charge on any atom is 0.182 e. The third-order valence-corrected chi connectivity index (χ3v) is 2.90. The molecule has 0 aliphatic rings. The van der Waals surface area contributed by atoms with E-state index in [0.717, 1.165) is 24.4 Å². The first kappa shape index (κ1) is 12.1. The monoisotopic (exact) mass is 250 g/mol. The van der Waals surface area contributed by atoms with Crippen LogP contribution in [-0.4, -0.2) is 28.4 Å². The summed E-state index contributed by atoms with van der Waals surface area (Å²) in [6, 6.07) is 7.61. The number of aromatic nitrogens is 3. The summed E-state index contributed by atoms with van der Waals surface area (Å²) in [7, 11) is 3.82. The van der Waals surface area contributed by atoms with E-state index in [9.17, 15) is 0 Å². The number of hydrogen-bond acceptors (Lipinski definition) is 3. The van der Waals surface area contributed by atoms with Crippen molar-refractivity contribution in [3.63, 3.8) is 0 Å². The second-order valence-electron chi connectivity index (χ2n) is 3.81. The maximum atomic E-state index is 6.12. The van der Waals surface area contributed by atoms with Gasteiger partial charge in [0, 0.05) is 25.6 Å². The molecule has 17 heavy (non-hydrogen) atoms. The van der Waals surface area contributed by atoms with E-state index in [1.807, 2.05) is 38.4 Å². The Morgan fingerprint density at radius 2 is 2.12 bits per heavy atom. The highest BCUT2D eigenvalue weighted by Crippen LogP contribution is 2.24. The molecule has 0 bridgehead atoms. The number of aryl methyl sites for hydroxylation is 1. The molecule has 1 N–H and O–H groups in total. The lowest BCUT2D eigenvalue weighted by atomic mass is 10.2. The van der Waals surface area contributed by atoms with Gasteiger partial charge in [-0.05, 0) is 19.2 Å². The molecular weight excluding hydrogens is 236 g/mol. The Morgan fingerprint density at radius 1 is 1.35 bits per heavy atom. The molecule has 90 valence electrons. The van der Waals surface area contributed by atoms with Gasteiger partial charge < -0.3 is 5.32 Å². The van der Waals surface area contributed by atoms with Crippen LogP contribution in [0.15, 0.2) is 24.3 Å². The predicted molar refractivity (Wildman–Crippen MR) is 69.1 cm³/mol. The normalized spacial score (nSPS) is 10.8. The van der Waals surface area contributed by atoms with Gasteiger partial charge in [-0.15, -0.1) is 0 Å². The minimum atomic E-state index is 0.679. The molecule has 4 nitrogen and oxygen atoms in total. The summed E-state index contributed by atoms with van der Waals surface area (Å²) in [6.07, 6.45) is 0.852. The van der Waals surface area contributed by atoms with E-state index in [0.29, 0.717) is 10.8 Å². The van der Waals surface area contributed by atoms with Gasteiger partial charge in [0.2, 0.25) is 0 Å². The Morgan fingerprint density at radius 3 is 2.82 bits per heavy atom. The first-order chi connectivity index (χ1) is 8.22. The third-order valence-electron chi connectivity index (χ3n) is 2.57. The largest absolute Gasteiger partial charge is 0.319 e. The summed E-state index contributed by atoms with van der Waals surface area (Å²) in [4.78, 5) is 4.51. The van der Waals surface area contributed by atoms with Crippen molar-refractivity contribution in [1.29, 1.82) is 0 Å². The van der Waals surface area contributed by atoms with Gasteiger partial charge in [-0.25, -0.2) is 4.98 Å². The van der Waals surface area contributed by atoms with Crippen LogP contribution in [0.5, 0.6) is 0 Å². The zero-order chi connectivity index (χ0) is 12.3. The van der Waals surface area contributed by atoms with Crippen molar-refractivity contribution in [3.05, 3.63) is 35.1 Å². The zero-order valence-electron chi connectivity index (χ0n) is 9.94. The van der Waals surface area contributed by atoms with Crippen LogP contribution in [0.4, 0.5) is 0 Å². The first-order valence-electron chi connectivity index (χ1n) is 5.52. The molecule has 0 spiro atoms. The highest BCUT2D eigenvalue weighted by Gasteiger charge is 2.11. The van der Waals surface area contributed by atoms with Crippen LogP contribution in [-0.2, 0) is 13.5 Å². The molecule has 0 unspecified atom stereocenters. The van der Waals surface area contributed by atoms with Crippen molar-refractivity contribution < 1.29 is 0 Å². The fourth-order valence-corrected chi connectivity index (χ4v) is 1.85. The Hall–Kier alpha value is -1.39. The summed E-state index contributed by atoms with van der Waals surface area (Å²) in [5.74, 6) is 1.64. The van der Waals surface area contributed by atoms with E-state index < -0.39 is 0 Å². The Bertz CT molecular complexity index is 507. The van der Waals surface area contributed by atoms with Gasteiger partial charge in [0.1, 0.15) is 5.82 Å². The van der Waals surface area contributed by atoms with Gasteiger partial charge in [0.15, 0.2) is 5.82 Å². The molecule has 2 rings (SSSR count). The standard InChI is InChI=1S/C12H15ClN4/c1-14-8-7-11-15-12(16-17(11)2)9-5-3-4-6-10(9)13/h3-6,14H,7-8H2,1-2H3. The predicted octanol–water partition coefficient (Wildman–Crippen LogP) is 1.90. The van der Waals surface area contributed by atoms with Crippen molar-refractivity contribution in [2.24, 2.45) is 7.05 Å².